The highest BCUT2D eigenvalue weighted by Crippen LogP contribution is 2.17. The summed E-state index contributed by atoms with van der Waals surface area (Å²) in [4.78, 5) is 2.14. The van der Waals surface area contributed by atoms with Crippen LogP contribution in [0.15, 0.2) is 55.2 Å². The Morgan fingerprint density at radius 1 is 1.32 bits per heavy atom. The van der Waals surface area contributed by atoms with Crippen molar-refractivity contribution in [1.29, 1.82) is 0 Å². The molecule has 22 heavy (non-hydrogen) atoms. The van der Waals surface area contributed by atoms with Crippen LogP contribution in [0.4, 0.5) is 5.69 Å². The normalized spacial score (nSPS) is 11.0. The fourth-order valence-electron chi connectivity index (χ4n) is 2.27. The van der Waals surface area contributed by atoms with Crippen LogP contribution in [0.2, 0.25) is 0 Å². The molecule has 3 heteroatoms. The van der Waals surface area contributed by atoms with E-state index >= 15 is 0 Å². The van der Waals surface area contributed by atoms with Crippen molar-refractivity contribution in [3.05, 3.63) is 66.3 Å². The van der Waals surface area contributed by atoms with Gasteiger partial charge in [0.1, 0.15) is 5.82 Å². The van der Waals surface area contributed by atoms with Gasteiger partial charge >= 0.3 is 0 Å². The lowest BCUT2D eigenvalue weighted by molar-refractivity contribution is 0.430. The van der Waals surface area contributed by atoms with Gasteiger partial charge in [-0.2, -0.15) is 0 Å². The molecule has 0 bridgehead atoms. The van der Waals surface area contributed by atoms with Gasteiger partial charge in [0.2, 0.25) is 0 Å². The molecule has 0 atom stereocenters. The van der Waals surface area contributed by atoms with E-state index < -0.39 is 0 Å². The average Bonchev–Trinajstić information content (AvgIpc) is 2.49. The number of rotatable bonds is 9. The van der Waals surface area contributed by atoms with Crippen molar-refractivity contribution in [2.24, 2.45) is 0 Å². The molecule has 0 aliphatic heterocycles. The second-order valence-corrected chi connectivity index (χ2v) is 5.44. The first-order chi connectivity index (χ1) is 10.5. The summed E-state index contributed by atoms with van der Waals surface area (Å²) >= 11 is 0. The van der Waals surface area contributed by atoms with Crippen molar-refractivity contribution in [1.82, 2.24) is 10.2 Å². The van der Waals surface area contributed by atoms with E-state index in [9.17, 15) is 0 Å². The maximum atomic E-state index is 4.12. The molecule has 0 saturated heterocycles. The summed E-state index contributed by atoms with van der Waals surface area (Å²) < 4.78 is 0. The molecule has 0 amide bonds. The Kier molecular flexibility index (Phi) is 7.30. The lowest BCUT2D eigenvalue weighted by Crippen LogP contribution is -2.20. The molecule has 120 valence electrons. The van der Waals surface area contributed by atoms with Crippen molar-refractivity contribution in [3.63, 3.8) is 0 Å². The van der Waals surface area contributed by atoms with Crippen molar-refractivity contribution in [2.75, 3.05) is 18.9 Å². The van der Waals surface area contributed by atoms with Crippen LogP contribution in [-0.4, -0.2) is 18.5 Å². The number of aryl methyl sites for hydroxylation is 2. The maximum absolute atomic E-state index is 4.12. The van der Waals surface area contributed by atoms with Crippen LogP contribution < -0.4 is 10.6 Å². The van der Waals surface area contributed by atoms with Crippen molar-refractivity contribution in [2.45, 2.75) is 33.6 Å². The highest BCUT2D eigenvalue weighted by atomic mass is 15.1. The fourth-order valence-corrected chi connectivity index (χ4v) is 2.27. The zero-order chi connectivity index (χ0) is 16.5. The van der Waals surface area contributed by atoms with Gasteiger partial charge in [0, 0.05) is 31.1 Å². The minimum Gasteiger partial charge on any atom is -0.375 e. The van der Waals surface area contributed by atoms with Crippen molar-refractivity contribution < 1.29 is 0 Å². The Labute approximate surface area is 135 Å². The third-order valence-electron chi connectivity index (χ3n) is 3.63. The SMILES string of the molecule is C=CN/C(=C\C(=C)N(C)CCC)Nc1ccc(C)c(CC)c1. The molecule has 0 saturated carbocycles. The minimum atomic E-state index is 0.869. The molecule has 0 heterocycles. The van der Waals surface area contributed by atoms with E-state index in [0.717, 1.165) is 36.6 Å². The van der Waals surface area contributed by atoms with Crippen LogP contribution in [0.3, 0.4) is 0 Å². The van der Waals surface area contributed by atoms with E-state index in [4.69, 9.17) is 0 Å². The zero-order valence-corrected chi connectivity index (χ0v) is 14.4. The quantitative estimate of drug-likeness (QED) is 0.662. The molecule has 3 nitrogen and oxygen atoms in total. The van der Waals surface area contributed by atoms with Gasteiger partial charge in [-0.3, -0.25) is 0 Å². The first-order valence-corrected chi connectivity index (χ1v) is 7.87. The molecular formula is C19H29N3. The number of nitrogens with one attached hydrogen (secondary N) is 2. The molecule has 0 radical (unpaired) electrons. The van der Waals surface area contributed by atoms with Gasteiger partial charge in [-0.15, -0.1) is 0 Å². The number of likely N-dealkylation sites (N-methyl/N-ethyl adjacent to an activating group) is 1. The number of hydrogen-bond donors (Lipinski definition) is 2. The molecule has 1 aromatic rings. The topological polar surface area (TPSA) is 27.3 Å². The summed E-state index contributed by atoms with van der Waals surface area (Å²) in [5.41, 5.74) is 4.70. The van der Waals surface area contributed by atoms with Gasteiger partial charge in [-0.25, -0.2) is 0 Å². The number of allylic oxidation sites excluding steroid dienone is 1. The Morgan fingerprint density at radius 2 is 2.05 bits per heavy atom. The predicted molar refractivity (Wildman–Crippen MR) is 97.7 cm³/mol. The average molecular weight is 299 g/mol. The smallest absolute Gasteiger partial charge is 0.109 e. The maximum Gasteiger partial charge on any atom is 0.109 e. The van der Waals surface area contributed by atoms with Gasteiger partial charge in [-0.05, 0) is 49.2 Å². The Balaban J connectivity index is 2.92. The van der Waals surface area contributed by atoms with E-state index in [2.05, 4.69) is 74.7 Å². The second kappa shape index (κ2) is 8.98. The number of hydrogen-bond acceptors (Lipinski definition) is 3. The van der Waals surface area contributed by atoms with E-state index in [-0.39, 0.29) is 0 Å². The van der Waals surface area contributed by atoms with Gasteiger partial charge in [0.25, 0.3) is 0 Å². The molecule has 0 aromatic heterocycles. The third kappa shape index (κ3) is 5.32. The third-order valence-corrected chi connectivity index (χ3v) is 3.63. The van der Waals surface area contributed by atoms with Crippen LogP contribution >= 0.6 is 0 Å². The monoisotopic (exact) mass is 299 g/mol. The summed E-state index contributed by atoms with van der Waals surface area (Å²) in [6.07, 6.45) is 5.80. The molecule has 1 aromatic carbocycles. The molecule has 0 unspecified atom stereocenters. The lowest BCUT2D eigenvalue weighted by Gasteiger charge is -2.20. The number of benzene rings is 1. The van der Waals surface area contributed by atoms with E-state index in [1.54, 1.807) is 6.20 Å². The molecule has 0 spiro atoms. The standard InChI is InChI=1S/C19H29N3/c1-7-12-22(6)16(5)13-19(20-9-3)21-18-11-10-15(4)17(8-2)14-18/h9-11,13-14,20-21H,3,5,7-8,12H2,1-2,4,6H3/b19-13+. The van der Waals surface area contributed by atoms with Crippen LogP contribution in [-0.2, 0) is 6.42 Å². The summed E-state index contributed by atoms with van der Waals surface area (Å²) in [7, 11) is 2.05. The van der Waals surface area contributed by atoms with Gasteiger partial charge < -0.3 is 15.5 Å². The van der Waals surface area contributed by atoms with E-state index in [1.807, 2.05) is 6.08 Å². The van der Waals surface area contributed by atoms with Crippen LogP contribution in [0.25, 0.3) is 0 Å². The van der Waals surface area contributed by atoms with E-state index in [1.165, 1.54) is 11.1 Å². The molecule has 0 fully saturated rings. The van der Waals surface area contributed by atoms with Gasteiger partial charge in [-0.1, -0.05) is 33.1 Å². The Hall–Kier alpha value is -2.16. The van der Waals surface area contributed by atoms with Crippen LogP contribution in [0.1, 0.15) is 31.4 Å². The molecule has 0 aliphatic carbocycles. The zero-order valence-electron chi connectivity index (χ0n) is 14.4. The van der Waals surface area contributed by atoms with Crippen molar-refractivity contribution in [3.8, 4) is 0 Å². The molecule has 2 N–H and O–H groups in total. The highest BCUT2D eigenvalue weighted by Gasteiger charge is 2.03. The molecular weight excluding hydrogens is 270 g/mol. The summed E-state index contributed by atoms with van der Waals surface area (Å²) in [6.45, 7) is 15.3. The number of nitrogens with zero attached hydrogens (tertiary/aromatic N) is 1. The first kappa shape index (κ1) is 17.9. The Bertz CT molecular complexity index is 544. The second-order valence-electron chi connectivity index (χ2n) is 5.44. The predicted octanol–water partition coefficient (Wildman–Crippen LogP) is 4.40. The summed E-state index contributed by atoms with van der Waals surface area (Å²) in [6, 6.07) is 6.42. The summed E-state index contributed by atoms with van der Waals surface area (Å²) in [5.74, 6) is 0.869. The molecule has 1 rings (SSSR count). The van der Waals surface area contributed by atoms with Crippen LogP contribution in [0.5, 0.6) is 0 Å². The van der Waals surface area contributed by atoms with Crippen molar-refractivity contribution >= 4 is 5.69 Å². The first-order valence-electron chi connectivity index (χ1n) is 7.87. The largest absolute Gasteiger partial charge is 0.375 e. The van der Waals surface area contributed by atoms with Crippen LogP contribution in [0, 0.1) is 6.92 Å². The van der Waals surface area contributed by atoms with E-state index in [0.29, 0.717) is 0 Å². The Morgan fingerprint density at radius 3 is 2.64 bits per heavy atom. The summed E-state index contributed by atoms with van der Waals surface area (Å²) in [5, 5.41) is 6.54. The lowest BCUT2D eigenvalue weighted by atomic mass is 10.1. The fraction of sp³-hybridized carbons (Fsp3) is 0.368. The minimum absolute atomic E-state index is 0.869. The van der Waals surface area contributed by atoms with Gasteiger partial charge in [0.15, 0.2) is 0 Å². The van der Waals surface area contributed by atoms with Gasteiger partial charge in [0.05, 0.1) is 0 Å². The molecule has 0 aliphatic rings. The number of anilines is 1. The highest BCUT2D eigenvalue weighted by molar-refractivity contribution is 5.52.